The summed E-state index contributed by atoms with van der Waals surface area (Å²) < 4.78 is 1.78. The van der Waals surface area contributed by atoms with E-state index in [1.807, 2.05) is 20.0 Å². The number of nitrogens with zero attached hydrogens (tertiary/aromatic N) is 2. The summed E-state index contributed by atoms with van der Waals surface area (Å²) in [6.07, 6.45) is 2.71. The van der Waals surface area contributed by atoms with E-state index in [-0.39, 0.29) is 35.5 Å². The minimum Gasteiger partial charge on any atom is -1.00 e. The molecule has 1 aromatic heterocycles. The Kier molecular flexibility index (Phi) is 6.77. The number of aromatic nitrogens is 2. The van der Waals surface area contributed by atoms with Crippen molar-refractivity contribution in [2.75, 3.05) is 0 Å². The van der Waals surface area contributed by atoms with E-state index in [0.29, 0.717) is 0 Å². The Balaban J connectivity index is 0. The first-order valence-electron chi connectivity index (χ1n) is 2.17. The van der Waals surface area contributed by atoms with E-state index >= 15 is 0 Å². The van der Waals surface area contributed by atoms with E-state index in [4.69, 9.17) is 0 Å². The molecule has 0 fully saturated rings. The van der Waals surface area contributed by atoms with E-state index in [2.05, 4.69) is 11.3 Å². The van der Waals surface area contributed by atoms with Gasteiger partial charge in [-0.2, -0.15) is 6.07 Å². The zero-order valence-electron chi connectivity index (χ0n) is 5.56. The third-order valence-electron chi connectivity index (χ3n) is 0.992. The first-order chi connectivity index (χ1) is 3.30. The fourth-order valence-electron chi connectivity index (χ4n) is 0.381. The third kappa shape index (κ3) is 3.08. The van der Waals surface area contributed by atoms with Crippen LogP contribution in [-0.4, -0.2) is 32.8 Å². The number of aryl methyl sites for hydroxylation is 2. The molecule has 0 aliphatic carbocycles. The van der Waals surface area contributed by atoms with Gasteiger partial charge in [-0.25, -0.2) is 0 Å². The monoisotopic (exact) mass is 154 g/mol. The van der Waals surface area contributed by atoms with Crippen molar-refractivity contribution in [1.29, 1.82) is 0 Å². The van der Waals surface area contributed by atoms with Gasteiger partial charge >= 0.3 is 23.1 Å². The summed E-state index contributed by atoms with van der Waals surface area (Å²) in [5.74, 6) is 0. The molecule has 9 heavy (non-hydrogen) atoms. The summed E-state index contributed by atoms with van der Waals surface area (Å²) in [5, 5.41) is 3.81. The minimum atomic E-state index is 0. The van der Waals surface area contributed by atoms with Crippen LogP contribution in [0.15, 0.2) is 6.07 Å². The molecule has 0 unspecified atom stereocenters. The molecule has 1 rings (SSSR count). The van der Waals surface area contributed by atoms with Crippen molar-refractivity contribution in [3.05, 3.63) is 18.0 Å². The SMILES string of the molecule is Cc1c[c-]nn1C.[Cl-].[Mg+2]. The molecule has 0 aromatic carbocycles. The van der Waals surface area contributed by atoms with E-state index in [1.54, 1.807) is 4.68 Å². The van der Waals surface area contributed by atoms with Crippen molar-refractivity contribution in [2.45, 2.75) is 6.92 Å². The van der Waals surface area contributed by atoms with Gasteiger partial charge in [-0.05, 0) is 0 Å². The van der Waals surface area contributed by atoms with Crippen LogP contribution in [0.5, 0.6) is 0 Å². The van der Waals surface area contributed by atoms with Gasteiger partial charge in [0.05, 0.1) is 0 Å². The molecule has 2 nitrogen and oxygen atoms in total. The maximum atomic E-state index is 3.81. The number of hydrogen-bond donors (Lipinski definition) is 0. The van der Waals surface area contributed by atoms with Crippen molar-refractivity contribution >= 4 is 23.1 Å². The Morgan fingerprint density at radius 3 is 2.33 bits per heavy atom. The molecule has 0 bridgehead atoms. The van der Waals surface area contributed by atoms with Crippen molar-refractivity contribution in [2.24, 2.45) is 7.05 Å². The van der Waals surface area contributed by atoms with Crippen LogP contribution in [0.2, 0.25) is 0 Å². The van der Waals surface area contributed by atoms with Crippen LogP contribution in [0.3, 0.4) is 0 Å². The average molecular weight is 155 g/mol. The Morgan fingerprint density at radius 1 is 1.67 bits per heavy atom. The topological polar surface area (TPSA) is 17.8 Å². The summed E-state index contributed by atoms with van der Waals surface area (Å²) in [4.78, 5) is 0. The van der Waals surface area contributed by atoms with Gasteiger partial charge in [0.1, 0.15) is 0 Å². The first kappa shape index (κ1) is 12.0. The Bertz CT molecular complexity index is 147. The molecule has 0 spiro atoms. The van der Waals surface area contributed by atoms with Crippen molar-refractivity contribution in [1.82, 2.24) is 9.78 Å². The fourth-order valence-corrected chi connectivity index (χ4v) is 0.381. The van der Waals surface area contributed by atoms with Crippen molar-refractivity contribution < 1.29 is 12.4 Å². The average Bonchev–Trinajstić information content (AvgIpc) is 1.91. The van der Waals surface area contributed by atoms with Crippen LogP contribution in [-0.2, 0) is 7.05 Å². The van der Waals surface area contributed by atoms with Crippen LogP contribution in [0.4, 0.5) is 0 Å². The predicted molar refractivity (Wildman–Crippen MR) is 32.5 cm³/mol. The predicted octanol–water partition coefficient (Wildman–Crippen LogP) is -2.85. The zero-order valence-corrected chi connectivity index (χ0v) is 7.73. The molecule has 1 heterocycles. The van der Waals surface area contributed by atoms with Crippen LogP contribution < -0.4 is 12.4 Å². The van der Waals surface area contributed by atoms with Gasteiger partial charge in [0, 0.05) is 7.05 Å². The quantitative estimate of drug-likeness (QED) is 0.291. The fraction of sp³-hybridized carbons (Fsp3) is 0.400. The summed E-state index contributed by atoms with van der Waals surface area (Å²) in [6.45, 7) is 1.99. The molecular weight excluding hydrogens is 148 g/mol. The second kappa shape index (κ2) is 5.08. The smallest absolute Gasteiger partial charge is 1.00 e. The summed E-state index contributed by atoms with van der Waals surface area (Å²) in [7, 11) is 1.89. The molecule has 0 saturated carbocycles. The summed E-state index contributed by atoms with van der Waals surface area (Å²) in [6, 6.07) is 1.85. The second-order valence-electron chi connectivity index (χ2n) is 1.54. The van der Waals surface area contributed by atoms with Gasteiger partial charge in [-0.15, -0.1) is 11.9 Å². The number of halogens is 1. The van der Waals surface area contributed by atoms with Gasteiger partial charge in [0.25, 0.3) is 0 Å². The van der Waals surface area contributed by atoms with E-state index < -0.39 is 0 Å². The largest absolute Gasteiger partial charge is 2.00 e. The zero-order chi connectivity index (χ0) is 5.28. The Morgan fingerprint density at radius 2 is 2.22 bits per heavy atom. The van der Waals surface area contributed by atoms with E-state index in [9.17, 15) is 0 Å². The molecular formula is C5H7ClMgN2. The van der Waals surface area contributed by atoms with Gasteiger partial charge < -0.3 is 22.2 Å². The summed E-state index contributed by atoms with van der Waals surface area (Å²) >= 11 is 0. The maximum absolute atomic E-state index is 3.81. The number of hydrogen-bond acceptors (Lipinski definition) is 1. The third-order valence-corrected chi connectivity index (χ3v) is 0.992. The van der Waals surface area contributed by atoms with Gasteiger partial charge in [0.2, 0.25) is 0 Å². The minimum absolute atomic E-state index is 0. The maximum Gasteiger partial charge on any atom is 2.00 e. The Hall–Kier alpha value is 0.266. The Labute approximate surface area is 77.2 Å². The van der Waals surface area contributed by atoms with Crippen molar-refractivity contribution in [3.63, 3.8) is 0 Å². The molecule has 0 saturated heterocycles. The molecule has 0 radical (unpaired) electrons. The van der Waals surface area contributed by atoms with E-state index in [0.717, 1.165) is 5.69 Å². The summed E-state index contributed by atoms with van der Waals surface area (Å²) in [5.41, 5.74) is 1.14. The van der Waals surface area contributed by atoms with Crippen LogP contribution in [0, 0.1) is 13.1 Å². The molecule has 0 atom stereocenters. The van der Waals surface area contributed by atoms with Gasteiger partial charge in [0.15, 0.2) is 0 Å². The normalized spacial score (nSPS) is 7.33. The molecule has 4 heteroatoms. The number of rotatable bonds is 0. The van der Waals surface area contributed by atoms with Crippen LogP contribution >= 0.6 is 0 Å². The molecule has 0 N–H and O–H groups in total. The van der Waals surface area contributed by atoms with Crippen LogP contribution in [0.25, 0.3) is 0 Å². The molecule has 0 aliphatic heterocycles. The first-order valence-corrected chi connectivity index (χ1v) is 2.17. The molecule has 0 amide bonds. The second-order valence-corrected chi connectivity index (χ2v) is 1.54. The molecule has 46 valence electrons. The van der Waals surface area contributed by atoms with Gasteiger partial charge in [-0.3, -0.25) is 0 Å². The van der Waals surface area contributed by atoms with Crippen LogP contribution in [0.1, 0.15) is 5.69 Å². The van der Waals surface area contributed by atoms with Crippen molar-refractivity contribution in [3.8, 4) is 0 Å². The standard InChI is InChI=1S/C5H7N2.ClH.Mg/c1-5-3-4-6-7(5)2;;/h3H,1-2H3;1H;/q-1;;+2/p-1. The van der Waals surface area contributed by atoms with E-state index in [1.165, 1.54) is 0 Å². The van der Waals surface area contributed by atoms with Gasteiger partial charge in [-0.1, -0.05) is 6.92 Å². The molecule has 1 aromatic rings. The molecule has 0 aliphatic rings.